The van der Waals surface area contributed by atoms with Crippen LogP contribution in [0.15, 0.2) is 54.6 Å². The Morgan fingerprint density at radius 3 is 2.59 bits per heavy atom. The molecule has 0 saturated carbocycles. The molecule has 0 bridgehead atoms. The van der Waals surface area contributed by atoms with Gasteiger partial charge in [-0.2, -0.15) is 0 Å². The molecule has 22 heavy (non-hydrogen) atoms. The van der Waals surface area contributed by atoms with E-state index in [1.54, 1.807) is 12.1 Å². The van der Waals surface area contributed by atoms with Crippen LogP contribution < -0.4 is 5.32 Å². The highest BCUT2D eigenvalue weighted by molar-refractivity contribution is 5.94. The lowest BCUT2D eigenvalue weighted by Gasteiger charge is -2.36. The zero-order valence-electron chi connectivity index (χ0n) is 12.3. The molecule has 1 amide bonds. The molecule has 1 saturated heterocycles. The number of carbonyl (C=O) groups is 1. The highest BCUT2D eigenvalue weighted by Gasteiger charge is 2.27. The van der Waals surface area contributed by atoms with E-state index in [9.17, 15) is 9.18 Å². The maximum atomic E-state index is 13.0. The fourth-order valence-electron chi connectivity index (χ4n) is 2.86. The van der Waals surface area contributed by atoms with Crippen molar-refractivity contribution < 1.29 is 9.18 Å². The first-order valence-electron chi connectivity index (χ1n) is 7.55. The van der Waals surface area contributed by atoms with Gasteiger partial charge in [-0.1, -0.05) is 30.3 Å². The lowest BCUT2D eigenvalue weighted by atomic mass is 10.0. The van der Waals surface area contributed by atoms with Gasteiger partial charge in [0.05, 0.1) is 0 Å². The molecule has 4 heteroatoms. The summed E-state index contributed by atoms with van der Waals surface area (Å²) in [5.74, 6) is -0.347. The zero-order valence-corrected chi connectivity index (χ0v) is 12.3. The summed E-state index contributed by atoms with van der Waals surface area (Å²) in [6.45, 7) is 2.24. The van der Waals surface area contributed by atoms with E-state index in [4.69, 9.17) is 0 Å². The molecule has 2 aromatic rings. The van der Waals surface area contributed by atoms with E-state index >= 15 is 0 Å². The summed E-state index contributed by atoms with van der Waals surface area (Å²) in [6, 6.07) is 16.1. The number of hydrogen-bond donors (Lipinski definition) is 1. The Morgan fingerprint density at radius 2 is 1.86 bits per heavy atom. The zero-order chi connectivity index (χ0) is 15.4. The molecule has 1 aliphatic rings. The van der Waals surface area contributed by atoms with Crippen LogP contribution in [0.5, 0.6) is 0 Å². The average Bonchev–Trinajstić information content (AvgIpc) is 2.56. The van der Waals surface area contributed by atoms with E-state index in [-0.39, 0.29) is 17.8 Å². The monoisotopic (exact) mass is 298 g/mol. The van der Waals surface area contributed by atoms with Crippen LogP contribution in [0.2, 0.25) is 0 Å². The molecule has 3 rings (SSSR count). The summed E-state index contributed by atoms with van der Waals surface area (Å²) in [5.41, 5.74) is 1.76. The number of rotatable bonds is 3. The molecule has 1 aliphatic heterocycles. The van der Waals surface area contributed by atoms with Gasteiger partial charge in [-0.15, -0.1) is 0 Å². The number of nitrogens with one attached hydrogen (secondary N) is 1. The Labute approximate surface area is 129 Å². The number of carbonyl (C=O) groups excluding carboxylic acids is 1. The summed E-state index contributed by atoms with van der Waals surface area (Å²) in [7, 11) is 0. The Morgan fingerprint density at radius 1 is 1.14 bits per heavy atom. The van der Waals surface area contributed by atoms with Crippen molar-refractivity contribution in [3.05, 3.63) is 71.5 Å². The predicted octanol–water partition coefficient (Wildman–Crippen LogP) is 2.48. The van der Waals surface area contributed by atoms with Crippen LogP contribution in [0.1, 0.15) is 15.9 Å². The molecule has 1 atom stereocenters. The van der Waals surface area contributed by atoms with Crippen molar-refractivity contribution in [2.24, 2.45) is 0 Å². The first kappa shape index (κ1) is 14.7. The second-order valence-electron chi connectivity index (χ2n) is 5.55. The van der Waals surface area contributed by atoms with Crippen LogP contribution in [-0.4, -0.2) is 36.5 Å². The number of amides is 1. The molecule has 1 fully saturated rings. The van der Waals surface area contributed by atoms with Gasteiger partial charge >= 0.3 is 0 Å². The van der Waals surface area contributed by atoms with Gasteiger partial charge < -0.3 is 10.2 Å². The third-order valence-electron chi connectivity index (χ3n) is 4.02. The predicted molar refractivity (Wildman–Crippen MR) is 84.2 cm³/mol. The van der Waals surface area contributed by atoms with E-state index in [1.165, 1.54) is 17.7 Å². The molecule has 2 aromatic carbocycles. The maximum absolute atomic E-state index is 13.0. The third kappa shape index (κ3) is 3.34. The van der Waals surface area contributed by atoms with Crippen molar-refractivity contribution in [3.63, 3.8) is 0 Å². The van der Waals surface area contributed by atoms with Crippen molar-refractivity contribution in [2.75, 3.05) is 19.6 Å². The standard InChI is InChI=1S/C18H19FN2O/c19-16-8-6-15(7-9-16)18(22)21-11-10-20-13-17(21)12-14-4-2-1-3-5-14/h1-9,17,20H,10-13H2. The highest BCUT2D eigenvalue weighted by Crippen LogP contribution is 2.15. The minimum absolute atomic E-state index is 0.0255. The van der Waals surface area contributed by atoms with Crippen LogP contribution in [0.3, 0.4) is 0 Å². The van der Waals surface area contributed by atoms with E-state index in [0.717, 1.165) is 19.5 Å². The van der Waals surface area contributed by atoms with Crippen LogP contribution in [-0.2, 0) is 6.42 Å². The third-order valence-corrected chi connectivity index (χ3v) is 4.02. The summed E-state index contributed by atoms with van der Waals surface area (Å²) in [6.07, 6.45) is 0.820. The SMILES string of the molecule is O=C(c1ccc(F)cc1)N1CCNCC1Cc1ccccc1. The van der Waals surface area contributed by atoms with Gasteiger partial charge in [-0.3, -0.25) is 4.79 Å². The fourth-order valence-corrected chi connectivity index (χ4v) is 2.86. The van der Waals surface area contributed by atoms with Crippen molar-refractivity contribution in [3.8, 4) is 0 Å². The number of benzene rings is 2. The number of piperazine rings is 1. The summed E-state index contributed by atoms with van der Waals surface area (Å²) in [4.78, 5) is 14.6. The van der Waals surface area contributed by atoms with Gasteiger partial charge in [0.15, 0.2) is 0 Å². The second-order valence-corrected chi connectivity index (χ2v) is 5.55. The summed E-state index contributed by atoms with van der Waals surface area (Å²) in [5, 5.41) is 3.35. The average molecular weight is 298 g/mol. The normalized spacial score (nSPS) is 18.2. The van der Waals surface area contributed by atoms with Crippen LogP contribution in [0.4, 0.5) is 4.39 Å². The van der Waals surface area contributed by atoms with E-state index < -0.39 is 0 Å². The Bertz CT molecular complexity index is 627. The first-order valence-corrected chi connectivity index (χ1v) is 7.55. The largest absolute Gasteiger partial charge is 0.333 e. The first-order chi connectivity index (χ1) is 10.7. The van der Waals surface area contributed by atoms with Crippen molar-refractivity contribution in [1.29, 1.82) is 0 Å². The maximum Gasteiger partial charge on any atom is 0.254 e. The minimum atomic E-state index is -0.322. The molecule has 1 unspecified atom stereocenters. The van der Waals surface area contributed by atoms with Gasteiger partial charge in [0.1, 0.15) is 5.82 Å². The molecule has 1 N–H and O–H groups in total. The molecule has 1 heterocycles. The fraction of sp³-hybridized carbons (Fsp3) is 0.278. The molecule has 0 radical (unpaired) electrons. The Hall–Kier alpha value is -2.20. The molecule has 0 aliphatic carbocycles. The van der Waals surface area contributed by atoms with Gasteiger partial charge in [-0.05, 0) is 36.2 Å². The second kappa shape index (κ2) is 6.71. The molecule has 0 spiro atoms. The smallest absolute Gasteiger partial charge is 0.254 e. The summed E-state index contributed by atoms with van der Waals surface area (Å²) < 4.78 is 13.0. The molecule has 0 aromatic heterocycles. The van der Waals surface area contributed by atoms with E-state index in [2.05, 4.69) is 17.4 Å². The Balaban J connectivity index is 1.77. The molecular formula is C18H19FN2O. The van der Waals surface area contributed by atoms with Crippen molar-refractivity contribution in [2.45, 2.75) is 12.5 Å². The number of nitrogens with zero attached hydrogens (tertiary/aromatic N) is 1. The van der Waals surface area contributed by atoms with Crippen LogP contribution in [0, 0.1) is 5.82 Å². The quantitative estimate of drug-likeness (QED) is 0.944. The van der Waals surface area contributed by atoms with Crippen molar-refractivity contribution >= 4 is 5.91 Å². The number of hydrogen-bond acceptors (Lipinski definition) is 2. The van der Waals surface area contributed by atoms with Crippen LogP contribution >= 0.6 is 0 Å². The Kier molecular flexibility index (Phi) is 4.49. The highest BCUT2D eigenvalue weighted by atomic mass is 19.1. The number of halogens is 1. The topological polar surface area (TPSA) is 32.3 Å². The summed E-state index contributed by atoms with van der Waals surface area (Å²) >= 11 is 0. The van der Waals surface area contributed by atoms with Crippen molar-refractivity contribution in [1.82, 2.24) is 10.2 Å². The van der Waals surface area contributed by atoms with Gasteiger partial charge in [0.2, 0.25) is 0 Å². The van der Waals surface area contributed by atoms with Gasteiger partial charge in [-0.25, -0.2) is 4.39 Å². The molecular weight excluding hydrogens is 279 g/mol. The van der Waals surface area contributed by atoms with E-state index in [1.807, 2.05) is 23.1 Å². The van der Waals surface area contributed by atoms with Gasteiger partial charge in [0.25, 0.3) is 5.91 Å². The lowest BCUT2D eigenvalue weighted by molar-refractivity contribution is 0.0636. The molecule has 3 nitrogen and oxygen atoms in total. The minimum Gasteiger partial charge on any atom is -0.333 e. The lowest BCUT2D eigenvalue weighted by Crippen LogP contribution is -2.54. The van der Waals surface area contributed by atoms with Crippen LogP contribution in [0.25, 0.3) is 0 Å². The molecule has 114 valence electrons. The van der Waals surface area contributed by atoms with E-state index in [0.29, 0.717) is 12.1 Å². The van der Waals surface area contributed by atoms with Gasteiger partial charge in [0, 0.05) is 31.2 Å².